The highest BCUT2D eigenvalue weighted by atomic mass is 16.5. The summed E-state index contributed by atoms with van der Waals surface area (Å²) in [5.41, 5.74) is 1.02. The van der Waals surface area contributed by atoms with Crippen molar-refractivity contribution in [1.29, 1.82) is 0 Å². The summed E-state index contributed by atoms with van der Waals surface area (Å²) < 4.78 is 21.8. The quantitative estimate of drug-likeness (QED) is 0.488. The van der Waals surface area contributed by atoms with Crippen molar-refractivity contribution in [2.75, 3.05) is 26.1 Å². The summed E-state index contributed by atoms with van der Waals surface area (Å²) in [5, 5.41) is 10.5. The Bertz CT molecular complexity index is 969. The van der Waals surface area contributed by atoms with Crippen molar-refractivity contribution in [1.82, 2.24) is 10.2 Å². The van der Waals surface area contributed by atoms with E-state index in [1.54, 1.807) is 56.7 Å². The first kappa shape index (κ1) is 21.2. The van der Waals surface area contributed by atoms with E-state index in [2.05, 4.69) is 22.4 Å². The molecule has 3 aromatic rings. The lowest BCUT2D eigenvalue weighted by molar-refractivity contribution is 0.102. The van der Waals surface area contributed by atoms with Crippen LogP contribution in [0.5, 0.6) is 17.2 Å². The van der Waals surface area contributed by atoms with Gasteiger partial charge in [0.25, 0.3) is 11.8 Å². The fourth-order valence-corrected chi connectivity index (χ4v) is 2.78. The number of nitrogens with one attached hydrogen (secondary N) is 1. The van der Waals surface area contributed by atoms with E-state index in [4.69, 9.17) is 18.6 Å². The van der Waals surface area contributed by atoms with Crippen LogP contribution in [0.25, 0.3) is 11.5 Å². The van der Waals surface area contributed by atoms with E-state index >= 15 is 0 Å². The number of ether oxygens (including phenoxy) is 3. The minimum absolute atomic E-state index is 0.0141. The molecule has 1 amide bonds. The summed E-state index contributed by atoms with van der Waals surface area (Å²) >= 11 is 0. The van der Waals surface area contributed by atoms with Gasteiger partial charge >= 0.3 is 6.01 Å². The lowest BCUT2D eigenvalue weighted by atomic mass is 10.2. The summed E-state index contributed by atoms with van der Waals surface area (Å²) in [6.45, 7) is 2.81. The zero-order valence-electron chi connectivity index (χ0n) is 17.3. The number of hydrogen-bond donors (Lipinski definition) is 1. The van der Waals surface area contributed by atoms with Crippen LogP contribution in [0.4, 0.5) is 6.01 Å². The van der Waals surface area contributed by atoms with Crippen LogP contribution in [-0.2, 0) is 0 Å². The third-order valence-electron chi connectivity index (χ3n) is 4.42. The second-order valence-corrected chi connectivity index (χ2v) is 6.51. The predicted molar refractivity (Wildman–Crippen MR) is 112 cm³/mol. The number of amides is 1. The molecule has 8 nitrogen and oxygen atoms in total. The molecule has 30 heavy (non-hydrogen) atoms. The highest BCUT2D eigenvalue weighted by Gasteiger charge is 2.17. The number of carbonyl (C=O) groups excluding carboxylic acids is 1. The average molecular weight is 411 g/mol. The number of unbranched alkanes of at least 4 members (excludes halogenated alkanes) is 2. The monoisotopic (exact) mass is 411 g/mol. The Morgan fingerprint density at radius 3 is 2.47 bits per heavy atom. The molecule has 8 heteroatoms. The van der Waals surface area contributed by atoms with Crippen molar-refractivity contribution in [3.8, 4) is 28.7 Å². The van der Waals surface area contributed by atoms with Gasteiger partial charge in [0, 0.05) is 5.56 Å². The number of nitrogens with zero attached hydrogens (tertiary/aromatic N) is 2. The van der Waals surface area contributed by atoms with Crippen LogP contribution in [-0.4, -0.2) is 36.9 Å². The van der Waals surface area contributed by atoms with Gasteiger partial charge in [-0.3, -0.25) is 10.1 Å². The van der Waals surface area contributed by atoms with E-state index in [0.29, 0.717) is 29.2 Å². The van der Waals surface area contributed by atoms with Crippen molar-refractivity contribution in [3.05, 3.63) is 48.0 Å². The molecule has 0 radical (unpaired) electrons. The molecule has 0 aliphatic heterocycles. The SMILES string of the molecule is CCCCCOc1ccc(C(=O)Nc2nnc(-c3cc(OC)ccc3OC)o2)cc1. The van der Waals surface area contributed by atoms with Crippen LogP contribution in [0.1, 0.15) is 36.5 Å². The molecular weight excluding hydrogens is 386 g/mol. The van der Waals surface area contributed by atoms with Gasteiger partial charge in [0.15, 0.2) is 0 Å². The van der Waals surface area contributed by atoms with Gasteiger partial charge in [0.1, 0.15) is 17.2 Å². The Morgan fingerprint density at radius 1 is 1.00 bits per heavy atom. The Labute approximate surface area is 175 Å². The maximum absolute atomic E-state index is 12.5. The Hall–Kier alpha value is -3.55. The zero-order valence-corrected chi connectivity index (χ0v) is 17.3. The molecule has 2 aromatic carbocycles. The van der Waals surface area contributed by atoms with Crippen LogP contribution in [0.3, 0.4) is 0 Å². The van der Waals surface area contributed by atoms with Crippen LogP contribution >= 0.6 is 0 Å². The van der Waals surface area contributed by atoms with Crippen LogP contribution in [0.2, 0.25) is 0 Å². The molecule has 0 spiro atoms. The number of carbonyl (C=O) groups is 1. The molecule has 1 N–H and O–H groups in total. The Kier molecular flexibility index (Phi) is 7.26. The number of aromatic nitrogens is 2. The normalized spacial score (nSPS) is 10.5. The number of methoxy groups -OCH3 is 2. The van der Waals surface area contributed by atoms with Gasteiger partial charge < -0.3 is 18.6 Å². The van der Waals surface area contributed by atoms with Crippen molar-refractivity contribution in [2.24, 2.45) is 0 Å². The zero-order chi connectivity index (χ0) is 21.3. The topological polar surface area (TPSA) is 95.7 Å². The first-order valence-electron chi connectivity index (χ1n) is 9.74. The molecule has 0 unspecified atom stereocenters. The summed E-state index contributed by atoms with van der Waals surface area (Å²) in [6, 6.07) is 12.1. The van der Waals surface area contributed by atoms with Gasteiger partial charge in [-0.1, -0.05) is 24.9 Å². The average Bonchev–Trinajstić information content (AvgIpc) is 3.25. The number of rotatable bonds is 10. The fourth-order valence-electron chi connectivity index (χ4n) is 2.78. The maximum atomic E-state index is 12.5. The van der Waals surface area contributed by atoms with E-state index in [1.165, 1.54) is 0 Å². The van der Waals surface area contributed by atoms with Crippen molar-refractivity contribution in [3.63, 3.8) is 0 Å². The fraction of sp³-hybridized carbons (Fsp3) is 0.318. The minimum atomic E-state index is -0.361. The maximum Gasteiger partial charge on any atom is 0.322 e. The van der Waals surface area contributed by atoms with Crippen LogP contribution < -0.4 is 19.5 Å². The van der Waals surface area contributed by atoms with Gasteiger partial charge in [0.05, 0.1) is 26.4 Å². The Balaban J connectivity index is 1.65. The molecule has 0 saturated heterocycles. The van der Waals surface area contributed by atoms with Gasteiger partial charge in [-0.15, -0.1) is 5.10 Å². The molecule has 1 aromatic heterocycles. The summed E-state index contributed by atoms with van der Waals surface area (Å²) in [7, 11) is 3.11. The lowest BCUT2D eigenvalue weighted by Crippen LogP contribution is -2.12. The van der Waals surface area contributed by atoms with Crippen molar-refractivity contribution >= 4 is 11.9 Å². The molecular formula is C22H25N3O5. The first-order valence-corrected chi connectivity index (χ1v) is 9.74. The molecule has 0 aliphatic carbocycles. The van der Waals surface area contributed by atoms with Gasteiger partial charge in [-0.25, -0.2) is 0 Å². The molecule has 0 saturated carbocycles. The first-order chi connectivity index (χ1) is 14.6. The van der Waals surface area contributed by atoms with Gasteiger partial charge in [-0.2, -0.15) is 0 Å². The summed E-state index contributed by atoms with van der Waals surface area (Å²) in [5.74, 6) is 1.74. The minimum Gasteiger partial charge on any atom is -0.497 e. The highest BCUT2D eigenvalue weighted by Crippen LogP contribution is 2.33. The third kappa shape index (κ3) is 5.28. The van der Waals surface area contributed by atoms with Gasteiger partial charge in [-0.05, 0) is 48.9 Å². The molecule has 3 rings (SSSR count). The summed E-state index contributed by atoms with van der Waals surface area (Å²) in [4.78, 5) is 12.5. The number of anilines is 1. The Morgan fingerprint density at radius 2 is 1.77 bits per heavy atom. The number of benzene rings is 2. The molecule has 0 atom stereocenters. The smallest absolute Gasteiger partial charge is 0.322 e. The van der Waals surface area contributed by atoms with Crippen molar-refractivity contribution in [2.45, 2.75) is 26.2 Å². The van der Waals surface area contributed by atoms with E-state index in [-0.39, 0.29) is 17.8 Å². The largest absolute Gasteiger partial charge is 0.497 e. The van der Waals surface area contributed by atoms with Crippen LogP contribution in [0.15, 0.2) is 46.9 Å². The third-order valence-corrected chi connectivity index (χ3v) is 4.42. The molecule has 0 fully saturated rings. The van der Waals surface area contributed by atoms with E-state index in [9.17, 15) is 4.79 Å². The summed E-state index contributed by atoms with van der Waals surface area (Å²) in [6.07, 6.45) is 3.29. The van der Waals surface area contributed by atoms with E-state index in [1.807, 2.05) is 0 Å². The van der Waals surface area contributed by atoms with Crippen LogP contribution in [0, 0.1) is 0 Å². The van der Waals surface area contributed by atoms with E-state index < -0.39 is 0 Å². The molecule has 0 bridgehead atoms. The second kappa shape index (κ2) is 10.3. The van der Waals surface area contributed by atoms with E-state index in [0.717, 1.165) is 25.0 Å². The standard InChI is InChI=1S/C22H25N3O5/c1-4-5-6-13-29-16-9-7-15(8-10-16)20(26)23-22-25-24-21(30-22)18-14-17(27-2)11-12-19(18)28-3/h7-12,14H,4-6,13H2,1-3H3,(H,23,25,26). The van der Waals surface area contributed by atoms with Crippen molar-refractivity contribution < 1.29 is 23.4 Å². The van der Waals surface area contributed by atoms with Gasteiger partial charge in [0.2, 0.25) is 0 Å². The molecule has 158 valence electrons. The highest BCUT2D eigenvalue weighted by molar-refractivity contribution is 6.03. The molecule has 1 heterocycles. The predicted octanol–water partition coefficient (Wildman–Crippen LogP) is 4.58. The number of hydrogen-bond acceptors (Lipinski definition) is 7. The molecule has 0 aliphatic rings. The second-order valence-electron chi connectivity index (χ2n) is 6.51. The lowest BCUT2D eigenvalue weighted by Gasteiger charge is -2.07.